The van der Waals surface area contributed by atoms with Gasteiger partial charge in [0.2, 0.25) is 0 Å². The van der Waals surface area contributed by atoms with Crippen LogP contribution in [0.1, 0.15) is 44.2 Å². The van der Waals surface area contributed by atoms with Crippen molar-refractivity contribution in [3.05, 3.63) is 35.4 Å². The summed E-state index contributed by atoms with van der Waals surface area (Å²) in [6.07, 6.45) is -5.50. The van der Waals surface area contributed by atoms with E-state index in [4.69, 9.17) is 5.11 Å². The van der Waals surface area contributed by atoms with Crippen LogP contribution in [0.2, 0.25) is 0 Å². The first-order valence-electron chi connectivity index (χ1n) is 5.91. The van der Waals surface area contributed by atoms with Gasteiger partial charge in [-0.25, -0.2) is 0 Å². The van der Waals surface area contributed by atoms with Crippen molar-refractivity contribution in [3.8, 4) is 0 Å². The van der Waals surface area contributed by atoms with Crippen LogP contribution in [0.3, 0.4) is 0 Å². The minimum Gasteiger partial charge on any atom is -0.481 e. The molecule has 5 heteroatoms. The van der Waals surface area contributed by atoms with E-state index in [9.17, 15) is 18.0 Å². The molecule has 1 aromatic carbocycles. The number of halogens is 3. The zero-order chi connectivity index (χ0) is 14.8. The smallest absolute Gasteiger partial charge is 0.396 e. The summed E-state index contributed by atoms with van der Waals surface area (Å²) >= 11 is 0. The lowest BCUT2D eigenvalue weighted by molar-refractivity contribution is -0.163. The summed E-state index contributed by atoms with van der Waals surface area (Å²) in [6.45, 7) is 5.88. The molecular formula is C14H17F3O2. The molecule has 0 aliphatic carbocycles. The second kappa shape index (κ2) is 5.23. The van der Waals surface area contributed by atoms with Gasteiger partial charge >= 0.3 is 12.1 Å². The Morgan fingerprint density at radius 3 is 1.95 bits per heavy atom. The summed E-state index contributed by atoms with van der Waals surface area (Å²) in [6, 6.07) is 5.97. The number of alkyl halides is 3. The molecule has 0 aliphatic heterocycles. The van der Waals surface area contributed by atoms with E-state index in [-0.39, 0.29) is 11.0 Å². The molecule has 0 heterocycles. The zero-order valence-corrected chi connectivity index (χ0v) is 11.1. The third kappa shape index (κ3) is 4.26. The quantitative estimate of drug-likeness (QED) is 0.900. The van der Waals surface area contributed by atoms with Gasteiger partial charge in [0, 0.05) is 0 Å². The van der Waals surface area contributed by atoms with Crippen LogP contribution in [0.4, 0.5) is 13.2 Å². The number of carboxylic acid groups (broad SMARTS) is 1. The van der Waals surface area contributed by atoms with E-state index in [0.29, 0.717) is 0 Å². The minimum absolute atomic E-state index is 0.0112. The Bertz CT molecular complexity index is 441. The second-order valence-electron chi connectivity index (χ2n) is 5.56. The van der Waals surface area contributed by atoms with Gasteiger partial charge < -0.3 is 5.11 Å². The Balaban J connectivity index is 3.08. The van der Waals surface area contributed by atoms with E-state index in [1.54, 1.807) is 12.1 Å². The number of carboxylic acids is 1. The van der Waals surface area contributed by atoms with Crippen LogP contribution in [0.25, 0.3) is 0 Å². The Morgan fingerprint density at radius 1 is 1.16 bits per heavy atom. The Hall–Kier alpha value is -1.52. The fourth-order valence-electron chi connectivity index (χ4n) is 1.81. The molecule has 1 N–H and O–H groups in total. The van der Waals surface area contributed by atoms with Crippen LogP contribution < -0.4 is 0 Å². The lowest BCUT2D eigenvalue weighted by atomic mass is 9.85. The van der Waals surface area contributed by atoms with E-state index >= 15 is 0 Å². The lowest BCUT2D eigenvalue weighted by Gasteiger charge is -2.22. The van der Waals surface area contributed by atoms with E-state index < -0.39 is 24.5 Å². The molecule has 0 fully saturated rings. The maximum Gasteiger partial charge on any atom is 0.396 e. The zero-order valence-electron chi connectivity index (χ0n) is 11.1. The monoisotopic (exact) mass is 274 g/mol. The molecule has 1 atom stereocenters. The highest BCUT2D eigenvalue weighted by atomic mass is 19.4. The number of benzene rings is 1. The largest absolute Gasteiger partial charge is 0.481 e. The average molecular weight is 274 g/mol. The Morgan fingerprint density at radius 2 is 1.63 bits per heavy atom. The Labute approximate surface area is 110 Å². The van der Waals surface area contributed by atoms with Gasteiger partial charge in [-0.1, -0.05) is 45.0 Å². The lowest BCUT2D eigenvalue weighted by Crippen LogP contribution is -2.23. The van der Waals surface area contributed by atoms with Crippen molar-refractivity contribution in [2.75, 3.05) is 0 Å². The van der Waals surface area contributed by atoms with E-state index in [0.717, 1.165) is 5.56 Å². The van der Waals surface area contributed by atoms with Crippen LogP contribution in [0.5, 0.6) is 0 Å². The van der Waals surface area contributed by atoms with Crippen molar-refractivity contribution in [3.63, 3.8) is 0 Å². The maximum atomic E-state index is 12.8. The first kappa shape index (κ1) is 15.5. The minimum atomic E-state index is -4.55. The van der Waals surface area contributed by atoms with Crippen LogP contribution in [-0.2, 0) is 10.2 Å². The normalized spacial score (nSPS) is 14.2. The SMILES string of the molecule is CC(C)(C)c1ccc(C(CC(=O)O)C(F)(F)F)cc1. The van der Waals surface area contributed by atoms with Crippen molar-refractivity contribution in [1.82, 2.24) is 0 Å². The first-order valence-corrected chi connectivity index (χ1v) is 5.91. The molecule has 0 amide bonds. The molecule has 2 nitrogen and oxygen atoms in total. The third-order valence-corrected chi connectivity index (χ3v) is 2.95. The molecule has 0 saturated heterocycles. The van der Waals surface area contributed by atoms with Gasteiger partial charge in [-0.2, -0.15) is 13.2 Å². The van der Waals surface area contributed by atoms with Gasteiger partial charge in [0.15, 0.2) is 0 Å². The van der Waals surface area contributed by atoms with Crippen molar-refractivity contribution in [2.45, 2.75) is 44.7 Å². The number of rotatable bonds is 3. The molecular weight excluding hydrogens is 257 g/mol. The summed E-state index contributed by atoms with van der Waals surface area (Å²) in [4.78, 5) is 10.6. The summed E-state index contributed by atoms with van der Waals surface area (Å²) in [5, 5.41) is 8.59. The highest BCUT2D eigenvalue weighted by Crippen LogP contribution is 2.38. The molecule has 0 aliphatic rings. The molecule has 106 valence electrons. The summed E-state index contributed by atoms with van der Waals surface area (Å²) in [7, 11) is 0. The standard InChI is InChI=1S/C14H17F3O2/c1-13(2,3)10-6-4-9(5-7-10)11(8-12(18)19)14(15,16)17/h4-7,11H,8H2,1-3H3,(H,18,19). The molecule has 0 radical (unpaired) electrons. The predicted molar refractivity (Wildman–Crippen MR) is 66.2 cm³/mol. The van der Waals surface area contributed by atoms with Gasteiger partial charge in [0.1, 0.15) is 0 Å². The molecule has 0 bridgehead atoms. The van der Waals surface area contributed by atoms with E-state index in [1.165, 1.54) is 12.1 Å². The highest BCUT2D eigenvalue weighted by Gasteiger charge is 2.42. The van der Waals surface area contributed by atoms with E-state index in [2.05, 4.69) is 0 Å². The molecule has 1 aromatic rings. The fraction of sp³-hybridized carbons (Fsp3) is 0.500. The van der Waals surface area contributed by atoms with Gasteiger partial charge in [0.25, 0.3) is 0 Å². The summed E-state index contributed by atoms with van der Waals surface area (Å²) in [5.41, 5.74) is 0.745. The summed E-state index contributed by atoms with van der Waals surface area (Å²) < 4.78 is 38.5. The molecule has 0 spiro atoms. The fourth-order valence-corrected chi connectivity index (χ4v) is 1.81. The second-order valence-corrected chi connectivity index (χ2v) is 5.56. The maximum absolute atomic E-state index is 12.8. The highest BCUT2D eigenvalue weighted by molar-refractivity contribution is 5.68. The molecule has 19 heavy (non-hydrogen) atoms. The van der Waals surface area contributed by atoms with Crippen LogP contribution in [-0.4, -0.2) is 17.3 Å². The first-order chi connectivity index (χ1) is 8.51. The van der Waals surface area contributed by atoms with E-state index in [1.807, 2.05) is 20.8 Å². The number of aliphatic carboxylic acids is 1. The Kier molecular flexibility index (Phi) is 4.28. The van der Waals surface area contributed by atoms with Crippen LogP contribution >= 0.6 is 0 Å². The molecule has 0 saturated carbocycles. The summed E-state index contributed by atoms with van der Waals surface area (Å²) in [5.74, 6) is -3.42. The number of carbonyl (C=O) groups is 1. The molecule has 0 aromatic heterocycles. The number of hydrogen-bond acceptors (Lipinski definition) is 1. The van der Waals surface area contributed by atoms with Crippen LogP contribution in [0.15, 0.2) is 24.3 Å². The molecule has 1 rings (SSSR count). The van der Waals surface area contributed by atoms with Crippen molar-refractivity contribution < 1.29 is 23.1 Å². The van der Waals surface area contributed by atoms with Gasteiger partial charge in [0.05, 0.1) is 12.3 Å². The van der Waals surface area contributed by atoms with Crippen LogP contribution in [0, 0.1) is 0 Å². The van der Waals surface area contributed by atoms with Gasteiger partial charge in [-0.3, -0.25) is 4.79 Å². The average Bonchev–Trinajstić information content (AvgIpc) is 2.23. The molecule has 1 unspecified atom stereocenters. The topological polar surface area (TPSA) is 37.3 Å². The van der Waals surface area contributed by atoms with Crippen molar-refractivity contribution >= 4 is 5.97 Å². The van der Waals surface area contributed by atoms with Gasteiger partial charge in [-0.15, -0.1) is 0 Å². The third-order valence-electron chi connectivity index (χ3n) is 2.95. The predicted octanol–water partition coefficient (Wildman–Crippen LogP) is 4.10. The van der Waals surface area contributed by atoms with Crippen molar-refractivity contribution in [2.24, 2.45) is 0 Å². The van der Waals surface area contributed by atoms with Gasteiger partial charge in [-0.05, 0) is 16.5 Å². The van der Waals surface area contributed by atoms with Crippen molar-refractivity contribution in [1.29, 1.82) is 0 Å². The number of hydrogen-bond donors (Lipinski definition) is 1.